The summed E-state index contributed by atoms with van der Waals surface area (Å²) < 4.78 is 5.28. The van der Waals surface area contributed by atoms with Crippen molar-refractivity contribution in [3.8, 4) is 0 Å². The first kappa shape index (κ1) is 10.6. The van der Waals surface area contributed by atoms with E-state index in [-0.39, 0.29) is 0 Å². The van der Waals surface area contributed by atoms with Crippen LogP contribution in [0.2, 0.25) is 0 Å². The van der Waals surface area contributed by atoms with Gasteiger partial charge in [0.05, 0.1) is 0 Å². The second-order valence-electron chi connectivity index (χ2n) is 4.95. The van der Waals surface area contributed by atoms with Crippen molar-refractivity contribution in [1.82, 2.24) is 4.98 Å². The third-order valence-corrected chi connectivity index (χ3v) is 3.85. The van der Waals surface area contributed by atoms with Gasteiger partial charge in [0.15, 0.2) is 12.0 Å². The van der Waals surface area contributed by atoms with E-state index in [4.69, 9.17) is 10.2 Å². The zero-order valence-electron chi connectivity index (χ0n) is 9.78. The highest BCUT2D eigenvalue weighted by Crippen LogP contribution is 2.39. The lowest BCUT2D eigenvalue weighted by Gasteiger charge is -2.41. The van der Waals surface area contributed by atoms with Gasteiger partial charge in [-0.15, -0.1) is 0 Å². The van der Waals surface area contributed by atoms with Crippen molar-refractivity contribution in [1.29, 1.82) is 0 Å². The Labute approximate surface area is 100 Å². The minimum Gasteiger partial charge on any atom is -0.443 e. The molecule has 4 nitrogen and oxygen atoms in total. The lowest BCUT2D eigenvalue weighted by Crippen LogP contribution is -2.42. The molecule has 0 saturated heterocycles. The SMILES string of the molecule is NCC1(CNc2ccc3ncoc3c2)CCC1. The zero-order valence-corrected chi connectivity index (χ0v) is 9.78. The summed E-state index contributed by atoms with van der Waals surface area (Å²) in [7, 11) is 0. The maximum atomic E-state index is 5.84. The Kier molecular flexibility index (Phi) is 2.52. The van der Waals surface area contributed by atoms with Gasteiger partial charge in [-0.1, -0.05) is 6.42 Å². The number of rotatable bonds is 4. The molecule has 1 aliphatic carbocycles. The molecule has 0 atom stereocenters. The van der Waals surface area contributed by atoms with Gasteiger partial charge in [0.25, 0.3) is 0 Å². The van der Waals surface area contributed by atoms with E-state index in [0.717, 1.165) is 29.9 Å². The van der Waals surface area contributed by atoms with E-state index >= 15 is 0 Å². The third kappa shape index (κ3) is 1.89. The molecule has 0 aliphatic heterocycles. The molecule has 1 aromatic heterocycles. The molecular formula is C13H17N3O. The summed E-state index contributed by atoms with van der Waals surface area (Å²) in [5.41, 5.74) is 8.95. The molecule has 1 heterocycles. The number of nitrogens with zero attached hydrogens (tertiary/aromatic N) is 1. The Morgan fingerprint density at radius 1 is 1.41 bits per heavy atom. The Morgan fingerprint density at radius 3 is 3.00 bits per heavy atom. The lowest BCUT2D eigenvalue weighted by molar-refractivity contribution is 0.163. The maximum absolute atomic E-state index is 5.84. The number of anilines is 1. The smallest absolute Gasteiger partial charge is 0.181 e. The van der Waals surface area contributed by atoms with Crippen LogP contribution in [0.15, 0.2) is 29.0 Å². The van der Waals surface area contributed by atoms with Gasteiger partial charge in [0.1, 0.15) is 5.52 Å². The van der Waals surface area contributed by atoms with Crippen LogP contribution in [0, 0.1) is 5.41 Å². The number of fused-ring (bicyclic) bond motifs is 1. The predicted octanol–water partition coefficient (Wildman–Crippen LogP) is 2.37. The van der Waals surface area contributed by atoms with Gasteiger partial charge in [0.2, 0.25) is 0 Å². The number of nitrogens with two attached hydrogens (primary N) is 1. The highest BCUT2D eigenvalue weighted by molar-refractivity contribution is 5.76. The van der Waals surface area contributed by atoms with Crippen LogP contribution >= 0.6 is 0 Å². The number of oxazole rings is 1. The summed E-state index contributed by atoms with van der Waals surface area (Å²) in [4.78, 5) is 4.10. The Hall–Kier alpha value is -1.55. The van der Waals surface area contributed by atoms with Crippen molar-refractivity contribution >= 4 is 16.8 Å². The number of hydrogen-bond donors (Lipinski definition) is 2. The van der Waals surface area contributed by atoms with E-state index in [1.165, 1.54) is 25.7 Å². The van der Waals surface area contributed by atoms with Gasteiger partial charge >= 0.3 is 0 Å². The molecule has 0 amide bonds. The summed E-state index contributed by atoms with van der Waals surface area (Å²) in [6.45, 7) is 1.72. The van der Waals surface area contributed by atoms with E-state index in [1.807, 2.05) is 18.2 Å². The molecular weight excluding hydrogens is 214 g/mol. The summed E-state index contributed by atoms with van der Waals surface area (Å²) in [5.74, 6) is 0. The number of nitrogens with one attached hydrogen (secondary N) is 1. The van der Waals surface area contributed by atoms with Crippen molar-refractivity contribution in [2.75, 3.05) is 18.4 Å². The van der Waals surface area contributed by atoms with Crippen LogP contribution in [-0.4, -0.2) is 18.1 Å². The predicted molar refractivity (Wildman–Crippen MR) is 67.8 cm³/mol. The molecule has 0 bridgehead atoms. The van der Waals surface area contributed by atoms with Crippen molar-refractivity contribution in [3.05, 3.63) is 24.6 Å². The fraction of sp³-hybridized carbons (Fsp3) is 0.462. The van der Waals surface area contributed by atoms with Crippen LogP contribution < -0.4 is 11.1 Å². The fourth-order valence-electron chi connectivity index (χ4n) is 2.38. The first-order chi connectivity index (χ1) is 8.31. The highest BCUT2D eigenvalue weighted by atomic mass is 16.3. The molecule has 4 heteroatoms. The fourth-order valence-corrected chi connectivity index (χ4v) is 2.38. The molecule has 0 spiro atoms. The van der Waals surface area contributed by atoms with Crippen LogP contribution in [0.25, 0.3) is 11.1 Å². The normalized spacial score (nSPS) is 17.9. The van der Waals surface area contributed by atoms with E-state index in [9.17, 15) is 0 Å². The van der Waals surface area contributed by atoms with Crippen molar-refractivity contribution < 1.29 is 4.42 Å². The minimum absolute atomic E-state index is 0.316. The second kappa shape index (κ2) is 4.04. The van der Waals surface area contributed by atoms with E-state index in [2.05, 4.69) is 10.3 Å². The lowest BCUT2D eigenvalue weighted by atomic mass is 9.69. The Morgan fingerprint density at radius 2 is 2.29 bits per heavy atom. The van der Waals surface area contributed by atoms with Crippen LogP contribution in [0.5, 0.6) is 0 Å². The molecule has 1 saturated carbocycles. The summed E-state index contributed by atoms with van der Waals surface area (Å²) in [5, 5.41) is 3.45. The van der Waals surface area contributed by atoms with Crippen LogP contribution in [0.1, 0.15) is 19.3 Å². The van der Waals surface area contributed by atoms with Gasteiger partial charge in [-0.05, 0) is 36.9 Å². The molecule has 17 heavy (non-hydrogen) atoms. The van der Waals surface area contributed by atoms with Crippen LogP contribution in [0.4, 0.5) is 5.69 Å². The quantitative estimate of drug-likeness (QED) is 0.848. The standard InChI is InChI=1S/C13H17N3O/c14-7-13(4-1-5-13)8-15-10-2-3-11-12(6-10)17-9-16-11/h2-3,6,9,15H,1,4-5,7-8,14H2. The molecule has 90 valence electrons. The number of benzene rings is 1. The van der Waals surface area contributed by atoms with Gasteiger partial charge in [-0.3, -0.25) is 0 Å². The van der Waals surface area contributed by atoms with Gasteiger partial charge in [0, 0.05) is 18.3 Å². The van der Waals surface area contributed by atoms with Crippen LogP contribution in [0.3, 0.4) is 0 Å². The molecule has 1 fully saturated rings. The molecule has 3 N–H and O–H groups in total. The second-order valence-corrected chi connectivity index (χ2v) is 4.95. The van der Waals surface area contributed by atoms with E-state index < -0.39 is 0 Å². The topological polar surface area (TPSA) is 64.1 Å². The monoisotopic (exact) mass is 231 g/mol. The van der Waals surface area contributed by atoms with Crippen molar-refractivity contribution in [2.45, 2.75) is 19.3 Å². The zero-order chi connectivity index (χ0) is 11.7. The molecule has 0 radical (unpaired) electrons. The Bertz CT molecular complexity index is 511. The maximum Gasteiger partial charge on any atom is 0.181 e. The molecule has 2 aromatic rings. The Balaban J connectivity index is 1.71. The summed E-state index contributed by atoms with van der Waals surface area (Å²) >= 11 is 0. The van der Waals surface area contributed by atoms with Crippen LogP contribution in [-0.2, 0) is 0 Å². The largest absolute Gasteiger partial charge is 0.443 e. The molecule has 1 aliphatic rings. The third-order valence-electron chi connectivity index (χ3n) is 3.85. The van der Waals surface area contributed by atoms with Crippen molar-refractivity contribution in [2.24, 2.45) is 11.1 Å². The minimum atomic E-state index is 0.316. The molecule has 3 rings (SSSR count). The number of aromatic nitrogens is 1. The highest BCUT2D eigenvalue weighted by Gasteiger charge is 2.35. The number of hydrogen-bond acceptors (Lipinski definition) is 4. The molecule has 0 unspecified atom stereocenters. The molecule has 1 aromatic carbocycles. The van der Waals surface area contributed by atoms with Gasteiger partial charge in [-0.2, -0.15) is 0 Å². The van der Waals surface area contributed by atoms with E-state index in [0.29, 0.717) is 5.41 Å². The van der Waals surface area contributed by atoms with Gasteiger partial charge in [-0.25, -0.2) is 4.98 Å². The average Bonchev–Trinajstić information content (AvgIpc) is 2.75. The summed E-state index contributed by atoms with van der Waals surface area (Å²) in [6.07, 6.45) is 5.25. The van der Waals surface area contributed by atoms with Gasteiger partial charge < -0.3 is 15.5 Å². The van der Waals surface area contributed by atoms with E-state index in [1.54, 1.807) is 0 Å². The first-order valence-electron chi connectivity index (χ1n) is 6.09. The van der Waals surface area contributed by atoms with Crippen molar-refractivity contribution in [3.63, 3.8) is 0 Å². The first-order valence-corrected chi connectivity index (χ1v) is 6.09. The average molecular weight is 231 g/mol. The summed E-state index contributed by atoms with van der Waals surface area (Å²) in [6, 6.07) is 6.00.